The van der Waals surface area contributed by atoms with Crippen LogP contribution in [0.1, 0.15) is 0 Å². The third kappa shape index (κ3) is 3.50. The van der Waals surface area contributed by atoms with Crippen LogP contribution in [0.15, 0.2) is 70.1 Å². The Kier molecular flexibility index (Phi) is 4.63. The Morgan fingerprint density at radius 2 is 1.74 bits per heavy atom. The molecular weight excluding hydrogens is 398 g/mol. The fourth-order valence-electron chi connectivity index (χ4n) is 3.45. The van der Waals surface area contributed by atoms with E-state index in [-0.39, 0.29) is 12.5 Å². The summed E-state index contributed by atoms with van der Waals surface area (Å²) in [7, 11) is 3.17. The predicted octanol–water partition coefficient (Wildman–Crippen LogP) is 4.78. The summed E-state index contributed by atoms with van der Waals surface area (Å²) in [5.41, 5.74) is 2.02. The highest BCUT2D eigenvalue weighted by Gasteiger charge is 2.16. The van der Waals surface area contributed by atoms with Gasteiger partial charge in [0.25, 0.3) is 0 Å². The molecule has 0 unspecified atom stereocenters. The molecule has 1 N–H and O–H groups in total. The Hall–Kier alpha value is -4.13. The number of hydrogen-bond acceptors (Lipinski definition) is 7. The van der Waals surface area contributed by atoms with Crippen LogP contribution in [0.2, 0.25) is 0 Å². The molecule has 3 aromatic carbocycles. The quantitative estimate of drug-likeness (QED) is 0.514. The van der Waals surface area contributed by atoms with Crippen molar-refractivity contribution < 1.29 is 28.5 Å². The Morgan fingerprint density at radius 3 is 2.58 bits per heavy atom. The van der Waals surface area contributed by atoms with Crippen LogP contribution in [0.25, 0.3) is 22.3 Å². The van der Waals surface area contributed by atoms with Crippen molar-refractivity contribution in [1.82, 2.24) is 0 Å². The van der Waals surface area contributed by atoms with Crippen molar-refractivity contribution in [2.45, 2.75) is 0 Å². The normalized spacial score (nSPS) is 12.9. The van der Waals surface area contributed by atoms with Gasteiger partial charge in [-0.3, -0.25) is 0 Å². The number of ether oxygens (including phenoxy) is 4. The molecule has 0 atom stereocenters. The molecule has 0 bridgehead atoms. The van der Waals surface area contributed by atoms with Crippen LogP contribution in [0, 0.1) is 0 Å². The Labute approximate surface area is 177 Å². The van der Waals surface area contributed by atoms with Crippen LogP contribution < -0.4 is 24.3 Å². The smallest absolute Gasteiger partial charge is 0.231 e. The highest BCUT2D eigenvalue weighted by Crippen LogP contribution is 2.36. The first-order valence-corrected chi connectivity index (χ1v) is 9.58. The maximum Gasteiger partial charge on any atom is 0.231 e. The Balaban J connectivity index is 1.73. The van der Waals surface area contributed by atoms with E-state index >= 15 is 0 Å². The van der Waals surface area contributed by atoms with Gasteiger partial charge in [0.1, 0.15) is 34.3 Å². The van der Waals surface area contributed by atoms with Gasteiger partial charge in [0.15, 0.2) is 11.5 Å². The minimum Gasteiger partial charge on any atom is -0.508 e. The topological polar surface area (TPSA) is 82.7 Å². The Bertz CT molecular complexity index is 1360. The second kappa shape index (κ2) is 7.60. The first-order chi connectivity index (χ1) is 15.1. The van der Waals surface area contributed by atoms with Gasteiger partial charge in [-0.25, -0.2) is 4.99 Å². The van der Waals surface area contributed by atoms with E-state index in [1.54, 1.807) is 38.5 Å². The molecule has 1 aliphatic heterocycles. The number of phenols is 1. The molecule has 156 valence electrons. The zero-order chi connectivity index (χ0) is 21.4. The van der Waals surface area contributed by atoms with Gasteiger partial charge >= 0.3 is 0 Å². The summed E-state index contributed by atoms with van der Waals surface area (Å²) in [6, 6.07) is 17.7. The second-order valence-corrected chi connectivity index (χ2v) is 6.89. The van der Waals surface area contributed by atoms with E-state index in [0.717, 1.165) is 5.56 Å². The van der Waals surface area contributed by atoms with Gasteiger partial charge < -0.3 is 28.5 Å². The lowest BCUT2D eigenvalue weighted by atomic mass is 10.1. The van der Waals surface area contributed by atoms with Crippen molar-refractivity contribution in [2.24, 2.45) is 4.99 Å². The van der Waals surface area contributed by atoms with E-state index < -0.39 is 0 Å². The number of fused-ring (bicyclic) bond motifs is 2. The van der Waals surface area contributed by atoms with Gasteiger partial charge in [0.2, 0.25) is 6.79 Å². The second-order valence-electron chi connectivity index (χ2n) is 6.89. The summed E-state index contributed by atoms with van der Waals surface area (Å²) in [6.45, 7) is 0.199. The molecule has 7 heteroatoms. The highest BCUT2D eigenvalue weighted by molar-refractivity contribution is 5.80. The molecular formula is C24H19NO6. The molecule has 0 amide bonds. The van der Waals surface area contributed by atoms with E-state index in [1.165, 1.54) is 0 Å². The molecule has 5 rings (SSSR count). The average molecular weight is 417 g/mol. The number of phenolic OH excluding ortho intramolecular Hbond substituents is 1. The van der Waals surface area contributed by atoms with E-state index in [0.29, 0.717) is 50.8 Å². The standard InChI is InChI=1S/C24H19NO6/c1-27-16-5-6-18(23(11-16)28-2)25-19-12-22(31-20-8-4-15(26)10-17(19)20)14-3-7-21-24(9-14)30-13-29-21/h3-12,26H,13H2,1-2H3. The van der Waals surface area contributed by atoms with Crippen molar-refractivity contribution in [2.75, 3.05) is 21.0 Å². The number of benzene rings is 3. The lowest BCUT2D eigenvalue weighted by Gasteiger charge is -2.09. The van der Waals surface area contributed by atoms with Crippen molar-refractivity contribution in [3.63, 3.8) is 0 Å². The molecule has 1 aromatic heterocycles. The first-order valence-electron chi connectivity index (χ1n) is 9.58. The third-order valence-corrected chi connectivity index (χ3v) is 5.01. The van der Waals surface area contributed by atoms with Gasteiger partial charge in [-0.15, -0.1) is 0 Å². The molecule has 0 fully saturated rings. The zero-order valence-corrected chi connectivity index (χ0v) is 16.9. The van der Waals surface area contributed by atoms with Crippen molar-refractivity contribution in [3.05, 3.63) is 66.0 Å². The third-order valence-electron chi connectivity index (χ3n) is 5.01. The zero-order valence-electron chi connectivity index (χ0n) is 16.9. The van der Waals surface area contributed by atoms with E-state index in [9.17, 15) is 5.11 Å². The van der Waals surface area contributed by atoms with Gasteiger partial charge in [0, 0.05) is 23.1 Å². The van der Waals surface area contributed by atoms with Gasteiger partial charge in [-0.05, 0) is 48.5 Å². The van der Waals surface area contributed by atoms with Crippen LogP contribution in [0.3, 0.4) is 0 Å². The lowest BCUT2D eigenvalue weighted by molar-refractivity contribution is 0.174. The van der Waals surface area contributed by atoms with Crippen molar-refractivity contribution in [3.8, 4) is 40.1 Å². The largest absolute Gasteiger partial charge is 0.508 e. The number of nitrogens with zero attached hydrogens (tertiary/aromatic N) is 1. The van der Waals surface area contributed by atoms with Gasteiger partial charge in [0.05, 0.1) is 19.6 Å². The Morgan fingerprint density at radius 1 is 0.871 bits per heavy atom. The van der Waals surface area contributed by atoms with Crippen LogP contribution in [-0.4, -0.2) is 26.1 Å². The summed E-state index contributed by atoms with van der Waals surface area (Å²) in [5.74, 6) is 3.32. The number of methoxy groups -OCH3 is 2. The minimum absolute atomic E-state index is 0.122. The summed E-state index contributed by atoms with van der Waals surface area (Å²) < 4.78 is 27.8. The van der Waals surface area contributed by atoms with E-state index in [2.05, 4.69) is 0 Å². The molecule has 1 aliphatic rings. The molecule has 31 heavy (non-hydrogen) atoms. The van der Waals surface area contributed by atoms with E-state index in [4.69, 9.17) is 28.4 Å². The number of hydrogen-bond donors (Lipinski definition) is 1. The molecule has 4 aromatic rings. The molecule has 0 spiro atoms. The fourth-order valence-corrected chi connectivity index (χ4v) is 3.45. The van der Waals surface area contributed by atoms with Crippen LogP contribution in [-0.2, 0) is 0 Å². The molecule has 0 radical (unpaired) electrons. The minimum atomic E-state index is 0.122. The number of aromatic hydroxyl groups is 1. The summed E-state index contributed by atoms with van der Waals surface area (Å²) in [4.78, 5) is 4.81. The lowest BCUT2D eigenvalue weighted by Crippen LogP contribution is -2.03. The van der Waals surface area contributed by atoms with Crippen molar-refractivity contribution in [1.29, 1.82) is 0 Å². The summed E-state index contributed by atoms with van der Waals surface area (Å²) >= 11 is 0. The first kappa shape index (κ1) is 18.9. The maximum absolute atomic E-state index is 10.0. The molecule has 0 aliphatic carbocycles. The predicted molar refractivity (Wildman–Crippen MR) is 114 cm³/mol. The van der Waals surface area contributed by atoms with Crippen LogP contribution in [0.5, 0.6) is 28.7 Å². The molecule has 7 nitrogen and oxygen atoms in total. The van der Waals surface area contributed by atoms with Gasteiger partial charge in [-0.1, -0.05) is 0 Å². The van der Waals surface area contributed by atoms with Crippen LogP contribution >= 0.6 is 0 Å². The molecule has 2 heterocycles. The number of rotatable bonds is 4. The summed E-state index contributed by atoms with van der Waals surface area (Å²) in [5, 5.41) is 11.3. The highest BCUT2D eigenvalue weighted by atomic mass is 16.7. The van der Waals surface area contributed by atoms with E-state index in [1.807, 2.05) is 36.4 Å². The molecule has 0 saturated carbocycles. The average Bonchev–Trinajstić information content (AvgIpc) is 3.27. The van der Waals surface area contributed by atoms with Gasteiger partial charge in [-0.2, -0.15) is 0 Å². The molecule has 0 saturated heterocycles. The maximum atomic E-state index is 10.0. The van der Waals surface area contributed by atoms with Crippen LogP contribution in [0.4, 0.5) is 5.69 Å². The van der Waals surface area contributed by atoms with Crippen molar-refractivity contribution >= 4 is 16.7 Å². The fraction of sp³-hybridized carbons (Fsp3) is 0.125. The monoisotopic (exact) mass is 417 g/mol. The SMILES string of the molecule is COc1ccc(N=c2cc(-c3ccc4c(c3)OCO4)oc3ccc(O)cc23)c(OC)c1. The summed E-state index contributed by atoms with van der Waals surface area (Å²) in [6.07, 6.45) is 0.